The largest absolute Gasteiger partial charge is 0.380 e. The molecule has 1 aliphatic heterocycles. The van der Waals surface area contributed by atoms with Crippen LogP contribution in [-0.2, 0) is 4.74 Å². The van der Waals surface area contributed by atoms with Gasteiger partial charge in [-0.15, -0.1) is 0 Å². The lowest BCUT2D eigenvalue weighted by atomic mass is 10.1. The van der Waals surface area contributed by atoms with Crippen LogP contribution in [0.4, 0.5) is 0 Å². The third-order valence-corrected chi connectivity index (χ3v) is 2.88. The third kappa shape index (κ3) is 1.63. The lowest BCUT2D eigenvalue weighted by Gasteiger charge is -2.20. The van der Waals surface area contributed by atoms with Crippen molar-refractivity contribution < 1.29 is 9.53 Å². The van der Waals surface area contributed by atoms with Crippen LogP contribution in [0.2, 0.25) is 0 Å². The number of hydrogen-bond acceptors (Lipinski definition) is 2. The zero-order chi connectivity index (χ0) is 11.7. The molecule has 1 aromatic rings. The van der Waals surface area contributed by atoms with Crippen molar-refractivity contribution in [3.63, 3.8) is 0 Å². The number of ether oxygens (including phenoxy) is 1. The summed E-state index contributed by atoms with van der Waals surface area (Å²) >= 11 is 0. The molecule has 0 saturated carbocycles. The highest BCUT2D eigenvalue weighted by Gasteiger charge is 2.31. The first-order valence-electron chi connectivity index (χ1n) is 5.28. The highest BCUT2D eigenvalue weighted by atomic mass is 16.5. The summed E-state index contributed by atoms with van der Waals surface area (Å²) < 4.78 is 5.17. The molecule has 0 aromatic heterocycles. The number of amides is 1. The Morgan fingerprint density at radius 1 is 1.38 bits per heavy atom. The quantitative estimate of drug-likeness (QED) is 0.776. The Labute approximate surface area is 95.3 Å². The van der Waals surface area contributed by atoms with E-state index < -0.39 is 0 Å². The summed E-state index contributed by atoms with van der Waals surface area (Å²) in [4.78, 5) is 13.7. The van der Waals surface area contributed by atoms with Crippen molar-refractivity contribution in [3.8, 4) is 0 Å². The van der Waals surface area contributed by atoms with Crippen molar-refractivity contribution in [3.05, 3.63) is 42.0 Å². The van der Waals surface area contributed by atoms with Crippen LogP contribution in [0, 0.1) is 0 Å². The van der Waals surface area contributed by atoms with Crippen molar-refractivity contribution in [2.75, 3.05) is 13.7 Å². The van der Waals surface area contributed by atoms with Gasteiger partial charge in [0.2, 0.25) is 0 Å². The van der Waals surface area contributed by atoms with E-state index in [2.05, 4.69) is 6.58 Å². The van der Waals surface area contributed by atoms with Crippen molar-refractivity contribution in [1.82, 2.24) is 4.90 Å². The van der Waals surface area contributed by atoms with Crippen LogP contribution in [0.3, 0.4) is 0 Å². The molecular weight excluding hydrogens is 202 g/mol. The number of nitrogens with zero attached hydrogens (tertiary/aromatic N) is 1. The lowest BCUT2D eigenvalue weighted by molar-refractivity contribution is 0.0683. The smallest absolute Gasteiger partial charge is 0.259 e. The Bertz CT molecular complexity index is 404. The van der Waals surface area contributed by atoms with Gasteiger partial charge in [-0.25, -0.2) is 0 Å². The molecule has 0 N–H and O–H groups in total. The van der Waals surface area contributed by atoms with E-state index in [4.69, 9.17) is 4.74 Å². The Balaban J connectivity index is 2.28. The van der Waals surface area contributed by atoms with Gasteiger partial charge in [0.1, 0.15) is 0 Å². The van der Waals surface area contributed by atoms with Crippen LogP contribution < -0.4 is 0 Å². The molecule has 84 valence electrons. The number of carbonyl (C=O) groups is 1. The molecule has 3 heteroatoms. The molecule has 0 radical (unpaired) electrons. The van der Waals surface area contributed by atoms with Crippen molar-refractivity contribution >= 4 is 11.6 Å². The van der Waals surface area contributed by atoms with E-state index >= 15 is 0 Å². The van der Waals surface area contributed by atoms with Gasteiger partial charge in [0, 0.05) is 23.9 Å². The lowest BCUT2D eigenvalue weighted by Crippen LogP contribution is -2.31. The summed E-state index contributed by atoms with van der Waals surface area (Å²) in [5.74, 6) is 0.0181. The van der Waals surface area contributed by atoms with Crippen molar-refractivity contribution in [2.24, 2.45) is 0 Å². The van der Waals surface area contributed by atoms with Crippen LogP contribution in [-0.4, -0.2) is 30.6 Å². The second-order valence-electron chi connectivity index (χ2n) is 3.95. The van der Waals surface area contributed by atoms with Gasteiger partial charge in [0.05, 0.1) is 12.6 Å². The maximum absolute atomic E-state index is 12.1. The number of methoxy groups -OCH3 is 1. The minimum atomic E-state index is 0.00927. The average Bonchev–Trinajstić information content (AvgIpc) is 2.55. The molecule has 1 aliphatic rings. The minimum absolute atomic E-state index is 0.00927. The fourth-order valence-corrected chi connectivity index (χ4v) is 1.86. The predicted molar refractivity (Wildman–Crippen MR) is 63.0 cm³/mol. The number of benzene rings is 1. The fraction of sp³-hybridized carbons (Fsp3) is 0.308. The summed E-state index contributed by atoms with van der Waals surface area (Å²) in [5, 5.41) is 0. The second-order valence-corrected chi connectivity index (χ2v) is 3.95. The summed E-state index contributed by atoms with van der Waals surface area (Å²) in [6.07, 6.45) is 0.00927. The molecule has 1 unspecified atom stereocenters. The highest BCUT2D eigenvalue weighted by molar-refractivity contribution is 6.08. The first-order valence-corrected chi connectivity index (χ1v) is 5.28. The monoisotopic (exact) mass is 217 g/mol. The number of hydrogen-bond donors (Lipinski definition) is 0. The van der Waals surface area contributed by atoms with Gasteiger partial charge in [-0.05, 0) is 13.0 Å². The third-order valence-electron chi connectivity index (χ3n) is 2.88. The molecule has 1 atom stereocenters. The Hall–Kier alpha value is -1.61. The van der Waals surface area contributed by atoms with Crippen molar-refractivity contribution in [2.45, 2.75) is 13.0 Å². The second kappa shape index (κ2) is 4.10. The molecule has 3 nitrogen and oxygen atoms in total. The van der Waals surface area contributed by atoms with E-state index in [-0.39, 0.29) is 12.0 Å². The Kier molecular flexibility index (Phi) is 2.79. The molecule has 16 heavy (non-hydrogen) atoms. The zero-order valence-electron chi connectivity index (χ0n) is 9.56. The van der Waals surface area contributed by atoms with Gasteiger partial charge >= 0.3 is 0 Å². The molecule has 0 bridgehead atoms. The maximum Gasteiger partial charge on any atom is 0.259 e. The molecule has 2 rings (SSSR count). The molecule has 0 spiro atoms. The van der Waals surface area contributed by atoms with Gasteiger partial charge in [-0.2, -0.15) is 0 Å². The van der Waals surface area contributed by atoms with Gasteiger partial charge in [0.25, 0.3) is 5.91 Å². The van der Waals surface area contributed by atoms with E-state index in [0.717, 1.165) is 16.8 Å². The maximum atomic E-state index is 12.1. The van der Waals surface area contributed by atoms with Gasteiger partial charge in [-0.3, -0.25) is 4.79 Å². The van der Waals surface area contributed by atoms with Crippen LogP contribution in [0.1, 0.15) is 22.8 Å². The van der Waals surface area contributed by atoms with Crippen LogP contribution in [0.15, 0.2) is 30.8 Å². The minimum Gasteiger partial charge on any atom is -0.380 e. The SMILES string of the molecule is C=C1c2ccccc2C(=O)N1CC(C)OC. The summed E-state index contributed by atoms with van der Waals surface area (Å²) in [7, 11) is 1.64. The van der Waals surface area contributed by atoms with E-state index in [1.807, 2.05) is 31.2 Å². The van der Waals surface area contributed by atoms with E-state index in [1.54, 1.807) is 12.0 Å². The molecule has 1 amide bonds. The highest BCUT2D eigenvalue weighted by Crippen LogP contribution is 2.31. The predicted octanol–water partition coefficient (Wildman–Crippen LogP) is 2.15. The van der Waals surface area contributed by atoms with Crippen LogP contribution in [0.25, 0.3) is 5.70 Å². The van der Waals surface area contributed by atoms with E-state index in [1.165, 1.54) is 0 Å². The van der Waals surface area contributed by atoms with Gasteiger partial charge in [0.15, 0.2) is 0 Å². The van der Waals surface area contributed by atoms with Crippen LogP contribution >= 0.6 is 0 Å². The number of rotatable bonds is 3. The van der Waals surface area contributed by atoms with E-state index in [0.29, 0.717) is 6.54 Å². The van der Waals surface area contributed by atoms with Crippen LogP contribution in [0.5, 0.6) is 0 Å². The van der Waals surface area contributed by atoms with E-state index in [9.17, 15) is 4.79 Å². The zero-order valence-corrected chi connectivity index (χ0v) is 9.56. The Morgan fingerprint density at radius 3 is 2.56 bits per heavy atom. The summed E-state index contributed by atoms with van der Waals surface area (Å²) in [6.45, 7) is 6.44. The molecule has 0 fully saturated rings. The van der Waals surface area contributed by atoms with Gasteiger partial charge < -0.3 is 9.64 Å². The summed E-state index contributed by atoms with van der Waals surface area (Å²) in [5.41, 5.74) is 2.43. The molecule has 1 heterocycles. The summed E-state index contributed by atoms with van der Waals surface area (Å²) in [6, 6.07) is 7.54. The molecule has 0 saturated heterocycles. The standard InChI is InChI=1S/C13H15NO2/c1-9(16-3)8-14-10(2)11-6-4-5-7-12(11)13(14)15/h4-7,9H,2,8H2,1,3H3. The fourth-order valence-electron chi connectivity index (χ4n) is 1.86. The van der Waals surface area contributed by atoms with Gasteiger partial charge in [-0.1, -0.05) is 24.8 Å². The molecular formula is C13H15NO2. The average molecular weight is 217 g/mol. The first kappa shape index (κ1) is 10.9. The molecule has 0 aliphatic carbocycles. The Morgan fingerprint density at radius 2 is 2.00 bits per heavy atom. The topological polar surface area (TPSA) is 29.5 Å². The normalized spacial score (nSPS) is 16.5. The first-order chi connectivity index (χ1) is 7.65. The molecule has 1 aromatic carbocycles. The number of carbonyl (C=O) groups excluding carboxylic acids is 1. The number of fused-ring (bicyclic) bond motifs is 1. The van der Waals surface area contributed by atoms with Crippen molar-refractivity contribution in [1.29, 1.82) is 0 Å².